The Hall–Kier alpha value is -2.21. The Bertz CT molecular complexity index is 838. The number of anilines is 1. The summed E-state index contributed by atoms with van der Waals surface area (Å²) in [6, 6.07) is 1.77. The molecule has 0 aliphatic heterocycles. The maximum absolute atomic E-state index is 13.2. The summed E-state index contributed by atoms with van der Waals surface area (Å²) < 4.78 is 92.3. The van der Waals surface area contributed by atoms with E-state index in [1.54, 1.807) is 0 Å². The summed E-state index contributed by atoms with van der Waals surface area (Å²) in [5.74, 6) is -3.27. The van der Waals surface area contributed by atoms with Crippen molar-refractivity contribution in [3.63, 3.8) is 0 Å². The van der Waals surface area contributed by atoms with Crippen LogP contribution in [0, 0.1) is 11.6 Å². The predicted octanol–water partition coefficient (Wildman–Crippen LogP) is 4.83. The molecule has 1 heterocycles. The van der Waals surface area contributed by atoms with Gasteiger partial charge in [-0.3, -0.25) is 4.79 Å². The van der Waals surface area contributed by atoms with E-state index in [4.69, 9.17) is 0 Å². The highest BCUT2D eigenvalue weighted by Gasteiger charge is 2.36. The van der Waals surface area contributed by atoms with E-state index in [-0.39, 0.29) is 16.3 Å². The molecule has 154 valence electrons. The fourth-order valence-corrected chi connectivity index (χ4v) is 2.82. The van der Waals surface area contributed by atoms with Gasteiger partial charge in [0.1, 0.15) is 11.7 Å². The molecule has 1 amide bonds. The van der Waals surface area contributed by atoms with Gasteiger partial charge in [-0.1, -0.05) is 0 Å². The Morgan fingerprint density at radius 3 is 2.43 bits per heavy atom. The summed E-state index contributed by atoms with van der Waals surface area (Å²) in [5.41, 5.74) is -0.402. The van der Waals surface area contributed by atoms with Gasteiger partial charge in [-0.25, -0.2) is 22.3 Å². The first-order valence-electron chi connectivity index (χ1n) is 7.71. The van der Waals surface area contributed by atoms with Gasteiger partial charge in [0.25, 0.3) is 12.3 Å². The Kier molecular flexibility index (Phi) is 6.99. The van der Waals surface area contributed by atoms with E-state index in [0.717, 1.165) is 35.9 Å². The molecule has 1 atom stereocenters. The molecule has 1 unspecified atom stereocenters. The number of halogens is 7. The number of hydrogen-bond acceptors (Lipinski definition) is 3. The van der Waals surface area contributed by atoms with E-state index >= 15 is 0 Å². The topological polar surface area (TPSA) is 46.1 Å². The van der Waals surface area contributed by atoms with Gasteiger partial charge < -0.3 is 9.88 Å². The lowest BCUT2D eigenvalue weighted by molar-refractivity contribution is -0.146. The number of rotatable bonds is 7. The van der Waals surface area contributed by atoms with Crippen LogP contribution in [0.25, 0.3) is 0 Å². The average Bonchev–Trinajstić information content (AvgIpc) is 2.97. The third kappa shape index (κ3) is 5.89. The molecule has 1 aromatic heterocycles. The molecule has 0 aliphatic rings. The van der Waals surface area contributed by atoms with E-state index in [1.165, 1.54) is 0 Å². The van der Waals surface area contributed by atoms with Crippen molar-refractivity contribution in [2.75, 3.05) is 5.32 Å². The maximum atomic E-state index is 13.2. The van der Waals surface area contributed by atoms with Crippen LogP contribution < -0.4 is 10.0 Å². The van der Waals surface area contributed by atoms with Crippen molar-refractivity contribution in [1.29, 1.82) is 0 Å². The Morgan fingerprint density at radius 2 is 1.86 bits per heavy atom. The molecule has 4 nitrogen and oxygen atoms in total. The molecule has 0 aliphatic carbocycles. The van der Waals surface area contributed by atoms with E-state index in [2.05, 4.69) is 10.0 Å². The molecule has 0 fully saturated rings. The van der Waals surface area contributed by atoms with Gasteiger partial charge in [0, 0.05) is 22.8 Å². The van der Waals surface area contributed by atoms with Crippen LogP contribution in [0.15, 0.2) is 35.4 Å². The van der Waals surface area contributed by atoms with Crippen molar-refractivity contribution in [2.24, 2.45) is 0 Å². The smallest absolute Gasteiger partial charge is 0.337 e. The SMILES string of the molecule is CC(NSc1cc(C(=O)Nc2ccc(F)c(F)c2)n(CC(F)F)c1)C(F)(F)F. The number of hydrogen-bond donors (Lipinski definition) is 2. The lowest BCUT2D eigenvalue weighted by atomic mass is 10.3. The van der Waals surface area contributed by atoms with Crippen LogP contribution in [0.5, 0.6) is 0 Å². The second-order valence-corrected chi connectivity index (χ2v) is 6.58. The predicted molar refractivity (Wildman–Crippen MR) is 89.3 cm³/mol. The minimum absolute atomic E-state index is 0.0900. The summed E-state index contributed by atoms with van der Waals surface area (Å²) in [5, 5.41) is 2.22. The normalized spacial score (nSPS) is 13.0. The van der Waals surface area contributed by atoms with E-state index in [9.17, 15) is 35.5 Å². The van der Waals surface area contributed by atoms with E-state index in [1.807, 2.05) is 0 Å². The first-order valence-corrected chi connectivity index (χ1v) is 8.53. The Labute approximate surface area is 159 Å². The molecular formula is C16H14F7N3OS. The highest BCUT2D eigenvalue weighted by molar-refractivity contribution is 7.97. The fraction of sp³-hybridized carbons (Fsp3) is 0.312. The monoisotopic (exact) mass is 429 g/mol. The molecule has 12 heteroatoms. The quantitative estimate of drug-likeness (QED) is 0.490. The molecule has 2 aromatic rings. The molecule has 0 saturated carbocycles. The van der Waals surface area contributed by atoms with E-state index in [0.29, 0.717) is 18.0 Å². The minimum atomic E-state index is -4.51. The summed E-state index contributed by atoms with van der Waals surface area (Å²) in [6.45, 7) is -0.00420. The van der Waals surface area contributed by atoms with Crippen LogP contribution >= 0.6 is 11.9 Å². The van der Waals surface area contributed by atoms with Crippen LogP contribution in [0.4, 0.5) is 36.4 Å². The second-order valence-electron chi connectivity index (χ2n) is 5.67. The van der Waals surface area contributed by atoms with Crippen LogP contribution in [0.3, 0.4) is 0 Å². The highest BCUT2D eigenvalue weighted by atomic mass is 32.2. The van der Waals surface area contributed by atoms with Crippen molar-refractivity contribution >= 4 is 23.5 Å². The van der Waals surface area contributed by atoms with Gasteiger partial charge in [-0.15, -0.1) is 0 Å². The molecule has 0 radical (unpaired) electrons. The van der Waals surface area contributed by atoms with Gasteiger partial charge in [0.2, 0.25) is 0 Å². The highest BCUT2D eigenvalue weighted by Crippen LogP contribution is 2.26. The summed E-state index contributed by atoms with van der Waals surface area (Å²) in [6.07, 6.45) is -6.25. The Morgan fingerprint density at radius 1 is 1.18 bits per heavy atom. The fourth-order valence-electron chi connectivity index (χ4n) is 2.02. The standard InChI is InChI=1S/C16H14F7N3OS/c1-8(16(21,22)23)25-28-10-5-13(26(6-10)7-14(19)20)15(27)24-9-2-3-11(17)12(18)4-9/h2-6,8,14,25H,7H2,1H3,(H,24,27). The minimum Gasteiger partial charge on any atom is -0.337 e. The average molecular weight is 429 g/mol. The molecule has 0 saturated heterocycles. The molecule has 0 spiro atoms. The second kappa shape index (κ2) is 8.86. The zero-order valence-corrected chi connectivity index (χ0v) is 15.0. The summed E-state index contributed by atoms with van der Waals surface area (Å²) in [4.78, 5) is 12.4. The number of carbonyl (C=O) groups excluding carboxylic acids is 1. The zero-order valence-electron chi connectivity index (χ0n) is 14.2. The van der Waals surface area contributed by atoms with E-state index < -0.39 is 42.7 Å². The van der Waals surface area contributed by atoms with Gasteiger partial charge in [0.15, 0.2) is 11.6 Å². The number of benzene rings is 1. The number of aromatic nitrogens is 1. The van der Waals surface area contributed by atoms with Crippen molar-refractivity contribution in [3.8, 4) is 0 Å². The molecular weight excluding hydrogens is 415 g/mol. The van der Waals surface area contributed by atoms with Crippen LogP contribution in [-0.4, -0.2) is 29.1 Å². The largest absolute Gasteiger partial charge is 0.404 e. The van der Waals surface area contributed by atoms with Crippen molar-refractivity contribution in [1.82, 2.24) is 9.29 Å². The van der Waals surface area contributed by atoms with Crippen LogP contribution in [0.2, 0.25) is 0 Å². The van der Waals surface area contributed by atoms with Gasteiger partial charge in [0.05, 0.1) is 6.54 Å². The van der Waals surface area contributed by atoms with Crippen LogP contribution in [-0.2, 0) is 6.54 Å². The number of nitrogens with one attached hydrogen (secondary N) is 2. The lowest BCUT2D eigenvalue weighted by Gasteiger charge is -2.15. The van der Waals surface area contributed by atoms with Gasteiger partial charge in [-0.2, -0.15) is 13.2 Å². The summed E-state index contributed by atoms with van der Waals surface area (Å²) in [7, 11) is 0. The number of nitrogens with zero attached hydrogens (tertiary/aromatic N) is 1. The van der Waals surface area contributed by atoms with Crippen molar-refractivity contribution in [3.05, 3.63) is 47.8 Å². The Balaban J connectivity index is 2.19. The third-order valence-electron chi connectivity index (χ3n) is 3.46. The third-order valence-corrected chi connectivity index (χ3v) is 4.39. The molecule has 28 heavy (non-hydrogen) atoms. The molecule has 1 aromatic carbocycles. The molecule has 0 bridgehead atoms. The van der Waals surface area contributed by atoms with Crippen molar-refractivity contribution in [2.45, 2.75) is 37.0 Å². The zero-order chi connectivity index (χ0) is 21.1. The summed E-state index contributed by atoms with van der Waals surface area (Å²) >= 11 is 0.520. The molecule has 2 rings (SSSR count). The van der Waals surface area contributed by atoms with Gasteiger partial charge >= 0.3 is 6.18 Å². The van der Waals surface area contributed by atoms with Crippen molar-refractivity contribution < 1.29 is 35.5 Å². The first kappa shape index (κ1) is 22.1. The number of alkyl halides is 5. The number of carbonyl (C=O) groups is 1. The lowest BCUT2D eigenvalue weighted by Crippen LogP contribution is -2.35. The van der Waals surface area contributed by atoms with Gasteiger partial charge in [-0.05, 0) is 37.1 Å². The first-order chi connectivity index (χ1) is 13.0. The number of amides is 1. The molecule has 2 N–H and O–H groups in total. The van der Waals surface area contributed by atoms with Crippen LogP contribution in [0.1, 0.15) is 17.4 Å². The maximum Gasteiger partial charge on any atom is 0.404 e.